The molecule has 13 heavy (non-hydrogen) atoms. The molecular weight excluding hydrogens is 174 g/mol. The summed E-state index contributed by atoms with van der Waals surface area (Å²) in [6.07, 6.45) is 0. The Bertz CT molecular complexity index is 308. The van der Waals surface area contributed by atoms with Crippen molar-refractivity contribution in [1.82, 2.24) is 0 Å². The van der Waals surface area contributed by atoms with Crippen LogP contribution in [0.2, 0.25) is 0 Å². The van der Waals surface area contributed by atoms with Crippen LogP contribution in [0.1, 0.15) is 25.3 Å². The van der Waals surface area contributed by atoms with Gasteiger partial charge in [0.25, 0.3) is 0 Å². The number of halogens is 2. The molecule has 1 nitrogen and oxygen atoms in total. The van der Waals surface area contributed by atoms with Gasteiger partial charge in [-0.2, -0.15) is 4.39 Å². The molecule has 0 radical (unpaired) electrons. The molecule has 72 valence electrons. The van der Waals surface area contributed by atoms with Gasteiger partial charge in [0.05, 0.1) is 7.11 Å². The van der Waals surface area contributed by atoms with Crippen LogP contribution in [0.4, 0.5) is 8.78 Å². The molecule has 1 rings (SSSR count). The Balaban J connectivity index is 3.23. The van der Waals surface area contributed by atoms with Gasteiger partial charge in [0.1, 0.15) is 0 Å². The molecule has 0 spiro atoms. The second kappa shape index (κ2) is 3.73. The summed E-state index contributed by atoms with van der Waals surface area (Å²) >= 11 is 0. The van der Waals surface area contributed by atoms with E-state index in [1.165, 1.54) is 13.2 Å². The van der Waals surface area contributed by atoms with Crippen LogP contribution in [0, 0.1) is 11.6 Å². The average Bonchev–Trinajstić information content (AvgIpc) is 2.09. The maximum atomic E-state index is 13.2. The van der Waals surface area contributed by atoms with Crippen molar-refractivity contribution in [2.75, 3.05) is 7.11 Å². The van der Waals surface area contributed by atoms with Crippen LogP contribution in [0.3, 0.4) is 0 Å². The van der Waals surface area contributed by atoms with Crippen molar-refractivity contribution in [2.45, 2.75) is 19.8 Å². The van der Waals surface area contributed by atoms with Crippen LogP contribution < -0.4 is 4.74 Å². The van der Waals surface area contributed by atoms with E-state index in [-0.39, 0.29) is 11.7 Å². The lowest BCUT2D eigenvalue weighted by Gasteiger charge is -2.09. The largest absolute Gasteiger partial charge is 0.494 e. The summed E-state index contributed by atoms with van der Waals surface area (Å²) in [6.45, 7) is 3.62. The zero-order chi connectivity index (χ0) is 10.0. The minimum atomic E-state index is -0.909. The monoisotopic (exact) mass is 186 g/mol. The van der Waals surface area contributed by atoms with Gasteiger partial charge in [-0.1, -0.05) is 19.9 Å². The highest BCUT2D eigenvalue weighted by molar-refractivity contribution is 5.32. The highest BCUT2D eigenvalue weighted by Gasteiger charge is 2.15. The zero-order valence-electron chi connectivity index (χ0n) is 7.90. The number of rotatable bonds is 2. The van der Waals surface area contributed by atoms with Gasteiger partial charge in [-0.15, -0.1) is 0 Å². The molecule has 3 heteroatoms. The van der Waals surface area contributed by atoms with E-state index in [1.54, 1.807) is 6.07 Å². The third-order valence-electron chi connectivity index (χ3n) is 1.92. The van der Waals surface area contributed by atoms with E-state index in [0.29, 0.717) is 5.56 Å². The highest BCUT2D eigenvalue weighted by atomic mass is 19.2. The van der Waals surface area contributed by atoms with Gasteiger partial charge in [-0.25, -0.2) is 4.39 Å². The summed E-state index contributed by atoms with van der Waals surface area (Å²) < 4.78 is 31.0. The molecule has 0 fully saturated rings. The van der Waals surface area contributed by atoms with Gasteiger partial charge in [0.2, 0.25) is 5.82 Å². The van der Waals surface area contributed by atoms with Crippen molar-refractivity contribution in [2.24, 2.45) is 0 Å². The fourth-order valence-corrected chi connectivity index (χ4v) is 1.15. The van der Waals surface area contributed by atoms with Crippen molar-refractivity contribution >= 4 is 0 Å². The molecule has 0 N–H and O–H groups in total. The molecule has 0 atom stereocenters. The molecule has 0 saturated heterocycles. The van der Waals surface area contributed by atoms with Crippen LogP contribution in [0.15, 0.2) is 12.1 Å². The Morgan fingerprint density at radius 3 is 2.23 bits per heavy atom. The first-order valence-corrected chi connectivity index (χ1v) is 4.09. The predicted molar refractivity (Wildman–Crippen MR) is 47.0 cm³/mol. The summed E-state index contributed by atoms with van der Waals surface area (Å²) in [5.74, 6) is -1.80. The molecule has 0 amide bonds. The van der Waals surface area contributed by atoms with Gasteiger partial charge in [-0.05, 0) is 17.5 Å². The van der Waals surface area contributed by atoms with Crippen molar-refractivity contribution in [3.8, 4) is 5.75 Å². The van der Waals surface area contributed by atoms with E-state index in [2.05, 4.69) is 4.74 Å². The fourth-order valence-electron chi connectivity index (χ4n) is 1.15. The Morgan fingerprint density at radius 2 is 1.77 bits per heavy atom. The number of hydrogen-bond acceptors (Lipinski definition) is 1. The molecule has 0 unspecified atom stereocenters. The number of methoxy groups -OCH3 is 1. The van der Waals surface area contributed by atoms with Crippen molar-refractivity contribution < 1.29 is 13.5 Å². The summed E-state index contributed by atoms with van der Waals surface area (Å²) in [4.78, 5) is 0. The van der Waals surface area contributed by atoms with Gasteiger partial charge < -0.3 is 4.74 Å². The second-order valence-electron chi connectivity index (χ2n) is 3.14. The first-order valence-electron chi connectivity index (χ1n) is 4.09. The van der Waals surface area contributed by atoms with E-state index in [9.17, 15) is 8.78 Å². The molecule has 1 aromatic rings. The van der Waals surface area contributed by atoms with Crippen LogP contribution in [0.25, 0.3) is 0 Å². The van der Waals surface area contributed by atoms with Gasteiger partial charge >= 0.3 is 0 Å². The number of ether oxygens (including phenoxy) is 1. The van der Waals surface area contributed by atoms with Crippen LogP contribution in [-0.2, 0) is 0 Å². The number of hydrogen-bond donors (Lipinski definition) is 0. The fraction of sp³-hybridized carbons (Fsp3) is 0.400. The molecule has 0 saturated carbocycles. The minimum absolute atomic E-state index is 0.0274. The minimum Gasteiger partial charge on any atom is -0.494 e. The molecule has 0 aliphatic heterocycles. The average molecular weight is 186 g/mol. The lowest BCUT2D eigenvalue weighted by Crippen LogP contribution is -1.99. The van der Waals surface area contributed by atoms with Crippen molar-refractivity contribution in [1.29, 1.82) is 0 Å². The van der Waals surface area contributed by atoms with Crippen molar-refractivity contribution in [3.05, 3.63) is 29.3 Å². The standard InChI is InChI=1S/C10H12F2O/c1-6(2)7-4-5-8(13-3)10(12)9(7)11/h4-6H,1-3H3. The van der Waals surface area contributed by atoms with Crippen LogP contribution >= 0.6 is 0 Å². The van der Waals surface area contributed by atoms with E-state index in [1.807, 2.05) is 13.8 Å². The molecule has 0 aromatic heterocycles. The molecule has 1 aromatic carbocycles. The SMILES string of the molecule is COc1ccc(C(C)C)c(F)c1F. The molecule has 0 heterocycles. The van der Waals surface area contributed by atoms with Gasteiger partial charge in [0, 0.05) is 0 Å². The summed E-state index contributed by atoms with van der Waals surface area (Å²) in [5, 5.41) is 0. The first kappa shape index (κ1) is 9.96. The van der Waals surface area contributed by atoms with E-state index >= 15 is 0 Å². The van der Waals surface area contributed by atoms with Crippen molar-refractivity contribution in [3.63, 3.8) is 0 Å². The van der Waals surface area contributed by atoms with E-state index in [4.69, 9.17) is 0 Å². The lowest BCUT2D eigenvalue weighted by molar-refractivity contribution is 0.369. The summed E-state index contributed by atoms with van der Waals surface area (Å²) in [6, 6.07) is 2.98. The molecular formula is C10H12F2O. The van der Waals surface area contributed by atoms with Crippen LogP contribution in [-0.4, -0.2) is 7.11 Å². The molecule has 0 aliphatic rings. The Kier molecular flexibility index (Phi) is 2.86. The quantitative estimate of drug-likeness (QED) is 0.689. The second-order valence-corrected chi connectivity index (χ2v) is 3.14. The van der Waals surface area contributed by atoms with E-state index in [0.717, 1.165) is 0 Å². The Morgan fingerprint density at radius 1 is 1.15 bits per heavy atom. The zero-order valence-corrected chi connectivity index (χ0v) is 7.90. The Hall–Kier alpha value is -1.12. The number of benzene rings is 1. The maximum Gasteiger partial charge on any atom is 0.200 e. The lowest BCUT2D eigenvalue weighted by atomic mass is 10.0. The van der Waals surface area contributed by atoms with Crippen LogP contribution in [0.5, 0.6) is 5.75 Å². The summed E-state index contributed by atoms with van der Waals surface area (Å²) in [5.41, 5.74) is 0.373. The first-order chi connectivity index (χ1) is 6.07. The third kappa shape index (κ3) is 1.79. The Labute approximate surface area is 76.3 Å². The highest BCUT2D eigenvalue weighted by Crippen LogP contribution is 2.26. The third-order valence-corrected chi connectivity index (χ3v) is 1.92. The summed E-state index contributed by atoms with van der Waals surface area (Å²) in [7, 11) is 1.31. The van der Waals surface area contributed by atoms with Gasteiger partial charge in [0.15, 0.2) is 11.6 Å². The van der Waals surface area contributed by atoms with E-state index < -0.39 is 11.6 Å². The topological polar surface area (TPSA) is 9.23 Å². The maximum absolute atomic E-state index is 13.2. The molecule has 0 aliphatic carbocycles. The van der Waals surface area contributed by atoms with Gasteiger partial charge in [-0.3, -0.25) is 0 Å². The predicted octanol–water partition coefficient (Wildman–Crippen LogP) is 3.10. The smallest absolute Gasteiger partial charge is 0.200 e. The molecule has 0 bridgehead atoms. The normalized spacial score (nSPS) is 10.6.